The largest absolute Gasteiger partial charge is 0.489 e. The number of ether oxygens (including phenoxy) is 1. The molecule has 2 aromatic heterocycles. The Morgan fingerprint density at radius 1 is 0.914 bits per heavy atom. The van der Waals surface area contributed by atoms with Crippen LogP contribution in [0.25, 0.3) is 11.6 Å². The Hall–Kier alpha value is -4.72. The van der Waals surface area contributed by atoms with Crippen molar-refractivity contribution >= 4 is 11.9 Å². The standard InChI is InChI=1S/C27H21FN4O3/c28-22-12-10-21(11-13-22)26(33)32-27(30-25(31-32)24-7-4-16-34-24)29-17-19-8-14-23(15-9-19)35-18-20-5-2-1-3-6-20/h1-16H,17-18H2,(H,29,30,31). The number of furan rings is 1. The smallest absolute Gasteiger partial charge is 0.281 e. The van der Waals surface area contributed by atoms with E-state index in [0.29, 0.717) is 18.9 Å². The molecule has 2 heterocycles. The molecule has 0 unspecified atom stereocenters. The van der Waals surface area contributed by atoms with Crippen LogP contribution >= 0.6 is 0 Å². The van der Waals surface area contributed by atoms with Crippen LogP contribution in [0.1, 0.15) is 21.5 Å². The first-order valence-corrected chi connectivity index (χ1v) is 11.0. The van der Waals surface area contributed by atoms with E-state index >= 15 is 0 Å². The molecule has 1 N–H and O–H groups in total. The fourth-order valence-corrected chi connectivity index (χ4v) is 3.42. The van der Waals surface area contributed by atoms with Gasteiger partial charge in [0, 0.05) is 12.1 Å². The fraction of sp³-hybridized carbons (Fsp3) is 0.0741. The summed E-state index contributed by atoms with van der Waals surface area (Å²) < 4.78 is 25.7. The highest BCUT2D eigenvalue weighted by Crippen LogP contribution is 2.21. The molecule has 0 aliphatic heterocycles. The lowest BCUT2D eigenvalue weighted by atomic mass is 10.2. The third-order valence-electron chi connectivity index (χ3n) is 5.25. The van der Waals surface area contributed by atoms with Crippen molar-refractivity contribution < 1.29 is 18.3 Å². The first kappa shape index (κ1) is 22.1. The summed E-state index contributed by atoms with van der Waals surface area (Å²) >= 11 is 0. The van der Waals surface area contributed by atoms with Gasteiger partial charge in [-0.2, -0.15) is 9.67 Å². The van der Waals surface area contributed by atoms with Crippen molar-refractivity contribution in [1.82, 2.24) is 14.8 Å². The molecule has 35 heavy (non-hydrogen) atoms. The van der Waals surface area contributed by atoms with Crippen LogP contribution in [0.2, 0.25) is 0 Å². The summed E-state index contributed by atoms with van der Waals surface area (Å²) in [5.41, 5.74) is 2.33. The number of benzene rings is 3. The predicted octanol–water partition coefficient (Wildman–Crippen LogP) is 5.56. The third kappa shape index (κ3) is 5.27. The van der Waals surface area contributed by atoms with Crippen LogP contribution in [0, 0.1) is 5.82 Å². The monoisotopic (exact) mass is 468 g/mol. The Morgan fingerprint density at radius 3 is 2.40 bits per heavy atom. The summed E-state index contributed by atoms with van der Waals surface area (Å²) in [7, 11) is 0. The van der Waals surface area contributed by atoms with Gasteiger partial charge in [0.15, 0.2) is 5.76 Å². The summed E-state index contributed by atoms with van der Waals surface area (Å²) in [5.74, 6) is 0.826. The Bertz CT molecular complexity index is 1400. The van der Waals surface area contributed by atoms with E-state index in [2.05, 4.69) is 15.4 Å². The van der Waals surface area contributed by atoms with Crippen LogP contribution in [0.4, 0.5) is 10.3 Å². The zero-order chi connectivity index (χ0) is 24.0. The maximum Gasteiger partial charge on any atom is 0.281 e. The Balaban J connectivity index is 1.31. The van der Waals surface area contributed by atoms with Gasteiger partial charge in [-0.25, -0.2) is 4.39 Å². The number of carbonyl (C=O) groups is 1. The molecule has 0 atom stereocenters. The number of rotatable bonds is 8. The molecule has 0 saturated carbocycles. The van der Waals surface area contributed by atoms with Crippen molar-refractivity contribution in [1.29, 1.82) is 0 Å². The van der Waals surface area contributed by atoms with Gasteiger partial charge in [-0.05, 0) is 59.7 Å². The van der Waals surface area contributed by atoms with E-state index in [1.165, 1.54) is 30.5 Å². The van der Waals surface area contributed by atoms with E-state index in [1.807, 2.05) is 54.6 Å². The maximum atomic E-state index is 13.3. The van der Waals surface area contributed by atoms with Gasteiger partial charge in [0.05, 0.1) is 6.26 Å². The Labute approximate surface area is 200 Å². The summed E-state index contributed by atoms with van der Waals surface area (Å²) in [4.78, 5) is 17.5. The number of nitrogens with one attached hydrogen (secondary N) is 1. The van der Waals surface area contributed by atoms with Crippen molar-refractivity contribution in [3.8, 4) is 17.3 Å². The SMILES string of the molecule is O=C(c1ccc(F)cc1)n1nc(-c2ccco2)nc1NCc1ccc(OCc2ccccc2)cc1. The number of hydrogen-bond acceptors (Lipinski definition) is 6. The number of nitrogens with zero attached hydrogens (tertiary/aromatic N) is 3. The Morgan fingerprint density at radius 2 is 1.69 bits per heavy atom. The molecule has 174 valence electrons. The summed E-state index contributed by atoms with van der Waals surface area (Å²) in [5, 5.41) is 7.48. The fourth-order valence-electron chi connectivity index (χ4n) is 3.42. The second kappa shape index (κ2) is 10.0. The number of halogens is 1. The molecule has 0 amide bonds. The number of hydrogen-bond donors (Lipinski definition) is 1. The lowest BCUT2D eigenvalue weighted by Crippen LogP contribution is -2.17. The zero-order valence-electron chi connectivity index (χ0n) is 18.6. The minimum atomic E-state index is -0.442. The van der Waals surface area contributed by atoms with Gasteiger partial charge < -0.3 is 14.5 Å². The van der Waals surface area contributed by atoms with Crippen LogP contribution in [-0.2, 0) is 13.2 Å². The van der Waals surface area contributed by atoms with Gasteiger partial charge in [0.2, 0.25) is 11.8 Å². The lowest BCUT2D eigenvalue weighted by Gasteiger charge is -2.09. The molecule has 0 radical (unpaired) electrons. The molecular formula is C27H21FN4O3. The van der Waals surface area contributed by atoms with Gasteiger partial charge in [-0.15, -0.1) is 5.10 Å². The maximum absolute atomic E-state index is 13.3. The molecule has 7 nitrogen and oxygen atoms in total. The third-order valence-corrected chi connectivity index (χ3v) is 5.25. The molecule has 0 bridgehead atoms. The zero-order valence-corrected chi connectivity index (χ0v) is 18.6. The van der Waals surface area contributed by atoms with E-state index in [1.54, 1.807) is 12.1 Å². The molecular weight excluding hydrogens is 447 g/mol. The number of anilines is 1. The van der Waals surface area contributed by atoms with Gasteiger partial charge in [0.25, 0.3) is 5.91 Å². The first-order chi connectivity index (χ1) is 17.2. The summed E-state index contributed by atoms with van der Waals surface area (Å²) in [6, 6.07) is 26.3. The van der Waals surface area contributed by atoms with E-state index in [-0.39, 0.29) is 17.3 Å². The molecule has 0 spiro atoms. The van der Waals surface area contributed by atoms with Crippen molar-refractivity contribution in [2.45, 2.75) is 13.2 Å². The van der Waals surface area contributed by atoms with E-state index in [4.69, 9.17) is 9.15 Å². The molecule has 0 aliphatic carbocycles. The van der Waals surface area contributed by atoms with Crippen LogP contribution in [0.3, 0.4) is 0 Å². The quantitative estimate of drug-likeness (QED) is 0.321. The second-order valence-corrected chi connectivity index (χ2v) is 7.73. The minimum Gasteiger partial charge on any atom is -0.489 e. The van der Waals surface area contributed by atoms with Crippen LogP contribution in [-0.4, -0.2) is 20.7 Å². The van der Waals surface area contributed by atoms with Crippen molar-refractivity contribution in [2.24, 2.45) is 0 Å². The minimum absolute atomic E-state index is 0.245. The molecule has 5 rings (SSSR count). The van der Waals surface area contributed by atoms with E-state index in [9.17, 15) is 9.18 Å². The molecule has 8 heteroatoms. The van der Waals surface area contributed by atoms with Crippen LogP contribution in [0.15, 0.2) is 102 Å². The summed E-state index contributed by atoms with van der Waals surface area (Å²) in [6.07, 6.45) is 1.51. The second-order valence-electron chi connectivity index (χ2n) is 7.73. The van der Waals surface area contributed by atoms with Crippen molar-refractivity contribution in [3.05, 3.63) is 120 Å². The van der Waals surface area contributed by atoms with Crippen LogP contribution in [0.5, 0.6) is 5.75 Å². The molecule has 0 fully saturated rings. The lowest BCUT2D eigenvalue weighted by molar-refractivity contribution is 0.0947. The highest BCUT2D eigenvalue weighted by Gasteiger charge is 2.20. The highest BCUT2D eigenvalue weighted by molar-refractivity contribution is 5.97. The van der Waals surface area contributed by atoms with Crippen molar-refractivity contribution in [3.63, 3.8) is 0 Å². The average Bonchev–Trinajstić information content (AvgIpc) is 3.58. The highest BCUT2D eigenvalue weighted by atomic mass is 19.1. The summed E-state index contributed by atoms with van der Waals surface area (Å²) in [6.45, 7) is 0.883. The normalized spacial score (nSPS) is 10.8. The van der Waals surface area contributed by atoms with Gasteiger partial charge in [0.1, 0.15) is 18.2 Å². The van der Waals surface area contributed by atoms with Gasteiger partial charge >= 0.3 is 0 Å². The molecule has 0 saturated heterocycles. The van der Waals surface area contributed by atoms with E-state index < -0.39 is 11.7 Å². The molecule has 3 aromatic carbocycles. The average molecular weight is 468 g/mol. The van der Waals surface area contributed by atoms with Crippen molar-refractivity contribution in [2.75, 3.05) is 5.32 Å². The first-order valence-electron chi connectivity index (χ1n) is 11.0. The Kier molecular flexibility index (Phi) is 6.34. The van der Waals surface area contributed by atoms with Gasteiger partial charge in [-0.3, -0.25) is 4.79 Å². The van der Waals surface area contributed by atoms with Crippen LogP contribution < -0.4 is 10.1 Å². The van der Waals surface area contributed by atoms with Gasteiger partial charge in [-0.1, -0.05) is 42.5 Å². The topological polar surface area (TPSA) is 82.2 Å². The number of aromatic nitrogens is 3. The molecule has 0 aliphatic rings. The number of carbonyl (C=O) groups excluding carboxylic acids is 1. The molecule has 5 aromatic rings. The predicted molar refractivity (Wildman–Crippen MR) is 128 cm³/mol. The van der Waals surface area contributed by atoms with E-state index in [0.717, 1.165) is 21.6 Å².